The van der Waals surface area contributed by atoms with Gasteiger partial charge >= 0.3 is 5.97 Å². The second-order valence-electron chi connectivity index (χ2n) is 8.12. The number of rotatable bonds is 4. The zero-order valence-corrected chi connectivity index (χ0v) is 17.7. The predicted octanol–water partition coefficient (Wildman–Crippen LogP) is 4.09. The minimum atomic E-state index is -0.554. The van der Waals surface area contributed by atoms with Crippen LogP contribution in [0.2, 0.25) is 5.02 Å². The smallest absolute Gasteiger partial charge is 0.338 e. The average molecular weight is 416 g/mol. The van der Waals surface area contributed by atoms with Crippen LogP contribution in [0.15, 0.2) is 42.6 Å². The van der Waals surface area contributed by atoms with Gasteiger partial charge in [-0.2, -0.15) is 0 Å². The molecule has 3 rings (SSSR count). The standard InChI is InChI=1S/C22H26ClN3O3/c1-22(2,3)29-21(28)16-8-6-15(7-9-16)20(27)25-17-10-13-26(14-11-17)19-18(23)5-4-12-24-19/h4-9,12,17H,10-11,13-14H2,1-3H3,(H,25,27). The van der Waals surface area contributed by atoms with Crippen LogP contribution in [0.5, 0.6) is 0 Å². The maximum atomic E-state index is 12.6. The molecule has 1 aliphatic rings. The summed E-state index contributed by atoms with van der Waals surface area (Å²) in [7, 11) is 0. The van der Waals surface area contributed by atoms with Gasteiger partial charge in [-0.25, -0.2) is 9.78 Å². The molecule has 0 radical (unpaired) electrons. The lowest BCUT2D eigenvalue weighted by Gasteiger charge is -2.33. The van der Waals surface area contributed by atoms with E-state index in [1.54, 1.807) is 30.5 Å². The van der Waals surface area contributed by atoms with Crippen LogP contribution >= 0.6 is 11.6 Å². The fourth-order valence-corrected chi connectivity index (χ4v) is 3.45. The van der Waals surface area contributed by atoms with Gasteiger partial charge in [-0.3, -0.25) is 4.79 Å². The van der Waals surface area contributed by atoms with Gasteiger partial charge in [0.15, 0.2) is 0 Å². The third kappa shape index (κ3) is 5.70. The Morgan fingerprint density at radius 2 is 1.72 bits per heavy atom. The maximum Gasteiger partial charge on any atom is 0.338 e. The van der Waals surface area contributed by atoms with Crippen molar-refractivity contribution in [2.24, 2.45) is 0 Å². The Morgan fingerprint density at radius 3 is 2.31 bits per heavy atom. The third-order valence-electron chi connectivity index (χ3n) is 4.65. The van der Waals surface area contributed by atoms with Crippen molar-refractivity contribution in [2.45, 2.75) is 45.3 Å². The third-order valence-corrected chi connectivity index (χ3v) is 4.95. The summed E-state index contributed by atoms with van der Waals surface area (Å²) in [5, 5.41) is 3.71. The van der Waals surface area contributed by atoms with Crippen LogP contribution in [0, 0.1) is 0 Å². The number of hydrogen-bond donors (Lipinski definition) is 1. The summed E-state index contributed by atoms with van der Waals surface area (Å²) < 4.78 is 5.34. The molecule has 1 fully saturated rings. The van der Waals surface area contributed by atoms with Gasteiger partial charge in [-0.05, 0) is 70.0 Å². The lowest BCUT2D eigenvalue weighted by molar-refractivity contribution is 0.00693. The topological polar surface area (TPSA) is 71.5 Å². The molecule has 1 N–H and O–H groups in total. The van der Waals surface area contributed by atoms with Gasteiger partial charge in [0.25, 0.3) is 5.91 Å². The monoisotopic (exact) mass is 415 g/mol. The van der Waals surface area contributed by atoms with Gasteiger partial charge in [0.2, 0.25) is 0 Å². The van der Waals surface area contributed by atoms with Crippen molar-refractivity contribution in [1.29, 1.82) is 0 Å². The molecule has 1 aromatic heterocycles. The van der Waals surface area contributed by atoms with Crippen molar-refractivity contribution in [3.8, 4) is 0 Å². The van der Waals surface area contributed by atoms with E-state index in [4.69, 9.17) is 16.3 Å². The number of hydrogen-bond acceptors (Lipinski definition) is 5. The fraction of sp³-hybridized carbons (Fsp3) is 0.409. The van der Waals surface area contributed by atoms with E-state index in [9.17, 15) is 9.59 Å². The van der Waals surface area contributed by atoms with E-state index in [0.29, 0.717) is 16.1 Å². The molecule has 0 spiro atoms. The van der Waals surface area contributed by atoms with Crippen molar-refractivity contribution in [3.63, 3.8) is 0 Å². The van der Waals surface area contributed by atoms with Crippen LogP contribution in [0.1, 0.15) is 54.3 Å². The molecule has 0 aliphatic carbocycles. The predicted molar refractivity (Wildman–Crippen MR) is 114 cm³/mol. The lowest BCUT2D eigenvalue weighted by atomic mass is 10.0. The molecule has 0 saturated carbocycles. The number of pyridine rings is 1. The first-order valence-electron chi connectivity index (χ1n) is 9.73. The molecule has 1 aliphatic heterocycles. The van der Waals surface area contributed by atoms with Crippen molar-refractivity contribution in [2.75, 3.05) is 18.0 Å². The minimum absolute atomic E-state index is 0.0896. The summed E-state index contributed by atoms with van der Waals surface area (Å²) in [4.78, 5) is 31.1. The van der Waals surface area contributed by atoms with E-state index in [-0.39, 0.29) is 11.9 Å². The van der Waals surface area contributed by atoms with Gasteiger partial charge < -0.3 is 15.0 Å². The largest absolute Gasteiger partial charge is 0.456 e. The Hall–Kier alpha value is -2.60. The molecule has 154 valence electrons. The van der Waals surface area contributed by atoms with Crippen LogP contribution in [0.4, 0.5) is 5.82 Å². The second kappa shape index (κ2) is 8.82. The first kappa shape index (κ1) is 21.1. The van der Waals surface area contributed by atoms with E-state index < -0.39 is 11.6 Å². The molecule has 0 unspecified atom stereocenters. The highest BCUT2D eigenvalue weighted by Gasteiger charge is 2.23. The van der Waals surface area contributed by atoms with Crippen LogP contribution in [-0.4, -0.2) is 41.6 Å². The lowest BCUT2D eigenvalue weighted by Crippen LogP contribution is -2.45. The first-order chi connectivity index (χ1) is 13.7. The van der Waals surface area contributed by atoms with Gasteiger partial charge in [-0.15, -0.1) is 0 Å². The second-order valence-corrected chi connectivity index (χ2v) is 8.53. The number of carbonyl (C=O) groups excluding carboxylic acids is 2. The van der Waals surface area contributed by atoms with Gasteiger partial charge in [0.1, 0.15) is 11.4 Å². The molecule has 1 amide bonds. The molecule has 0 atom stereocenters. The van der Waals surface area contributed by atoms with E-state index in [1.807, 2.05) is 32.9 Å². The molecule has 7 heteroatoms. The number of esters is 1. The van der Waals surface area contributed by atoms with Gasteiger partial charge in [0, 0.05) is 30.9 Å². The van der Waals surface area contributed by atoms with E-state index in [0.717, 1.165) is 31.7 Å². The summed E-state index contributed by atoms with van der Waals surface area (Å²) in [5.41, 5.74) is 0.395. The molecular formula is C22H26ClN3O3. The number of nitrogens with one attached hydrogen (secondary N) is 1. The van der Waals surface area contributed by atoms with Gasteiger partial charge in [0.05, 0.1) is 10.6 Å². The zero-order chi connectivity index (χ0) is 21.0. The number of halogens is 1. The molecule has 2 aromatic rings. The number of anilines is 1. The van der Waals surface area contributed by atoms with Crippen molar-refractivity contribution in [3.05, 3.63) is 58.7 Å². The Bertz CT molecular complexity index is 870. The Morgan fingerprint density at radius 1 is 1.10 bits per heavy atom. The van der Waals surface area contributed by atoms with E-state index in [2.05, 4.69) is 15.2 Å². The summed E-state index contributed by atoms with van der Waals surface area (Å²) in [6, 6.07) is 10.3. The fourth-order valence-electron chi connectivity index (χ4n) is 3.21. The molecule has 29 heavy (non-hydrogen) atoms. The average Bonchev–Trinajstić information content (AvgIpc) is 2.68. The quantitative estimate of drug-likeness (QED) is 0.761. The summed E-state index contributed by atoms with van der Waals surface area (Å²) >= 11 is 6.22. The maximum absolute atomic E-state index is 12.6. The number of ether oxygens (including phenoxy) is 1. The molecule has 1 saturated heterocycles. The summed E-state index contributed by atoms with van der Waals surface area (Å²) in [5.74, 6) is 0.247. The Kier molecular flexibility index (Phi) is 6.42. The minimum Gasteiger partial charge on any atom is -0.456 e. The number of amides is 1. The highest BCUT2D eigenvalue weighted by atomic mass is 35.5. The highest BCUT2D eigenvalue weighted by molar-refractivity contribution is 6.32. The molecule has 2 heterocycles. The van der Waals surface area contributed by atoms with Crippen LogP contribution in [0.3, 0.4) is 0 Å². The number of aromatic nitrogens is 1. The molecule has 1 aromatic carbocycles. The van der Waals surface area contributed by atoms with Crippen molar-refractivity contribution >= 4 is 29.3 Å². The van der Waals surface area contributed by atoms with Crippen LogP contribution in [-0.2, 0) is 4.74 Å². The number of nitrogens with zero attached hydrogens (tertiary/aromatic N) is 2. The molecule has 0 bridgehead atoms. The highest BCUT2D eigenvalue weighted by Crippen LogP contribution is 2.25. The molecular weight excluding hydrogens is 390 g/mol. The Balaban J connectivity index is 1.53. The van der Waals surface area contributed by atoms with Crippen LogP contribution in [0.25, 0.3) is 0 Å². The molecule has 6 nitrogen and oxygen atoms in total. The van der Waals surface area contributed by atoms with Crippen molar-refractivity contribution in [1.82, 2.24) is 10.3 Å². The van der Waals surface area contributed by atoms with Gasteiger partial charge in [-0.1, -0.05) is 11.6 Å². The first-order valence-corrected chi connectivity index (χ1v) is 10.1. The number of benzene rings is 1. The zero-order valence-electron chi connectivity index (χ0n) is 16.9. The SMILES string of the molecule is CC(C)(C)OC(=O)c1ccc(C(=O)NC2CCN(c3ncccc3Cl)CC2)cc1. The summed E-state index contributed by atoms with van der Waals surface area (Å²) in [6.07, 6.45) is 3.36. The van der Waals surface area contributed by atoms with Crippen molar-refractivity contribution < 1.29 is 14.3 Å². The van der Waals surface area contributed by atoms with E-state index in [1.165, 1.54) is 0 Å². The van der Waals surface area contributed by atoms with E-state index >= 15 is 0 Å². The van der Waals surface area contributed by atoms with Crippen LogP contribution < -0.4 is 10.2 Å². The normalized spacial score (nSPS) is 15.1. The number of carbonyl (C=O) groups is 2. The summed E-state index contributed by atoms with van der Waals surface area (Å²) in [6.45, 7) is 7.01. The Labute approximate surface area is 176 Å². The number of piperidine rings is 1.